The molecule has 0 aromatic heterocycles. The summed E-state index contributed by atoms with van der Waals surface area (Å²) in [5.41, 5.74) is 5.14. The van der Waals surface area contributed by atoms with Crippen molar-refractivity contribution in [3.05, 3.63) is 35.9 Å². The summed E-state index contributed by atoms with van der Waals surface area (Å²) in [7, 11) is 0. The van der Waals surface area contributed by atoms with Crippen LogP contribution in [0.5, 0.6) is 0 Å². The van der Waals surface area contributed by atoms with Gasteiger partial charge in [-0.2, -0.15) is 0 Å². The summed E-state index contributed by atoms with van der Waals surface area (Å²) in [5.74, 6) is -4.64. The van der Waals surface area contributed by atoms with Crippen molar-refractivity contribution in [2.45, 2.75) is 223 Å². The first-order valence-electron chi connectivity index (χ1n) is 37.1. The second-order valence-electron chi connectivity index (χ2n) is 26.8. The Morgan fingerprint density at radius 2 is 0.713 bits per heavy atom. The van der Waals surface area contributed by atoms with Crippen LogP contribution in [0, 0.1) is 11.8 Å². The molecule has 3 heterocycles. The van der Waals surface area contributed by atoms with Crippen molar-refractivity contribution in [1.29, 1.82) is 0 Å². The van der Waals surface area contributed by atoms with E-state index in [1.54, 1.807) is 44.2 Å². The Balaban J connectivity index is 1.22. The zero-order chi connectivity index (χ0) is 79.2. The maximum Gasteiger partial charge on any atom is 0.408 e. The number of aliphatic hydroxyl groups is 6. The predicted molar refractivity (Wildman–Crippen MR) is 378 cm³/mol. The molecule has 37 nitrogen and oxygen atoms in total. The lowest BCUT2D eigenvalue weighted by atomic mass is 9.92. The number of rotatable bonds is 54. The van der Waals surface area contributed by atoms with Gasteiger partial charge in [-0.15, -0.1) is 0 Å². The van der Waals surface area contributed by atoms with Gasteiger partial charge in [0, 0.05) is 130 Å². The van der Waals surface area contributed by atoms with E-state index in [9.17, 15) is 78.6 Å². The van der Waals surface area contributed by atoms with Crippen LogP contribution in [0.1, 0.15) is 136 Å². The minimum absolute atomic E-state index is 0.112. The molecule has 15 atom stereocenters. The molecule has 3 saturated heterocycles. The quantitative estimate of drug-likeness (QED) is 0.0189. The van der Waals surface area contributed by atoms with E-state index in [-0.39, 0.29) is 199 Å². The van der Waals surface area contributed by atoms with Crippen molar-refractivity contribution in [1.82, 2.24) is 37.2 Å². The highest BCUT2D eigenvalue weighted by Crippen LogP contribution is 2.29. The summed E-state index contributed by atoms with van der Waals surface area (Å²) < 4.78 is 72.8. The first kappa shape index (κ1) is 93.5. The average Bonchev–Trinajstić information content (AvgIpc) is 0.827. The van der Waals surface area contributed by atoms with Crippen molar-refractivity contribution in [3.8, 4) is 0 Å². The molecule has 3 fully saturated rings. The van der Waals surface area contributed by atoms with E-state index >= 15 is 0 Å². The van der Waals surface area contributed by atoms with Crippen LogP contribution in [0.2, 0.25) is 0 Å². The molecule has 7 amide bonds. The highest BCUT2D eigenvalue weighted by Gasteiger charge is 2.46. The standard InChI is InChI=1S/C71H118N8O29/c1-45-61(89)63(91)51(39-102-47(3)80)106-67(45)99-32-12-9-20-54(83)73-26-15-29-76-57(86)23-35-96-42-71(79-70(95)105-38-50-18-7-6-8-19-50,43-97-36-24-58(87)77-30-16-27-74-55(84)21-10-13-33-100-68-46(2)62(90)64(92)52(107-68)40-103-48(4)81)44-98-37-25-59(88)78-31-17-28-75-56(85)22-11-14-34-101-69-60(72)66(94)65(93)53(108-69)41-104-49(5)82/h6-8,18-19,45-46,51-53,60-69,89-94H,9-17,20-44,72H2,1-5H3,(H,73,83)(H,74,84)(H,75,85)(H,76,86)(H,77,87)(H,78,88)(H,79,95)/t45-,46-,51?,52?,53?,60-,61?,62?,63-,64-,65-,66?,67+,68+,69+,71?/m0/s1. The van der Waals surface area contributed by atoms with E-state index in [1.165, 1.54) is 20.8 Å². The Bertz CT molecular complexity index is 2580. The molecule has 0 saturated carbocycles. The number of esters is 3. The number of carbonyl (C=O) groups excluding carboxylic acids is 10. The number of nitrogens with one attached hydrogen (secondary N) is 7. The van der Waals surface area contributed by atoms with Gasteiger partial charge in [-0.05, 0) is 63.4 Å². The first-order chi connectivity index (χ1) is 51.7. The van der Waals surface area contributed by atoms with Crippen molar-refractivity contribution in [2.24, 2.45) is 17.6 Å². The highest BCUT2D eigenvalue weighted by molar-refractivity contribution is 5.78. The number of nitrogens with two attached hydrogens (primary N) is 1. The van der Waals surface area contributed by atoms with Crippen LogP contribution in [0.3, 0.4) is 0 Å². The maximum absolute atomic E-state index is 13.6. The predicted octanol–water partition coefficient (Wildman–Crippen LogP) is -2.07. The molecule has 1 aromatic rings. The van der Waals surface area contributed by atoms with Crippen LogP contribution < -0.4 is 43.0 Å². The van der Waals surface area contributed by atoms with Gasteiger partial charge in [-0.1, -0.05) is 44.2 Å². The van der Waals surface area contributed by atoms with Gasteiger partial charge in [0.25, 0.3) is 0 Å². The van der Waals surface area contributed by atoms with Gasteiger partial charge in [0.1, 0.15) is 74.7 Å². The van der Waals surface area contributed by atoms with Gasteiger partial charge in [0.05, 0.1) is 57.9 Å². The molecule has 0 aliphatic carbocycles. The number of hydrogen-bond acceptors (Lipinski definition) is 30. The minimum Gasteiger partial charge on any atom is -0.463 e. The Hall–Kier alpha value is -6.92. The molecule has 37 heteroatoms. The first-order valence-corrected chi connectivity index (χ1v) is 37.1. The topological polar surface area (TPSA) is 522 Å². The van der Waals surface area contributed by atoms with Crippen LogP contribution in [0.25, 0.3) is 0 Å². The van der Waals surface area contributed by atoms with Crippen LogP contribution >= 0.6 is 0 Å². The number of unbranched alkanes of at least 4 members (excludes halogenated alkanes) is 3. The zero-order valence-electron chi connectivity index (χ0n) is 62.7. The Morgan fingerprint density at radius 1 is 0.398 bits per heavy atom. The number of amides is 7. The Morgan fingerprint density at radius 3 is 1.06 bits per heavy atom. The summed E-state index contributed by atoms with van der Waals surface area (Å²) >= 11 is 0. The molecule has 15 N–H and O–H groups in total. The van der Waals surface area contributed by atoms with Crippen LogP contribution in [0.15, 0.2) is 30.3 Å². The fraction of sp³-hybridized carbons (Fsp3) is 0.775. The third kappa shape index (κ3) is 38.1. The number of aliphatic hydroxyl groups excluding tert-OH is 6. The van der Waals surface area contributed by atoms with Gasteiger partial charge in [0.2, 0.25) is 35.4 Å². The van der Waals surface area contributed by atoms with E-state index < -0.39 is 121 Å². The smallest absolute Gasteiger partial charge is 0.408 e. The lowest BCUT2D eigenvalue weighted by Gasteiger charge is -2.41. The molecule has 1 aromatic carbocycles. The number of hydrogen-bond donors (Lipinski definition) is 14. The summed E-state index contributed by atoms with van der Waals surface area (Å²) in [6.07, 6.45) is -10.1. The molecule has 0 spiro atoms. The lowest BCUT2D eigenvalue weighted by Crippen LogP contribution is -2.62. The molecular formula is C71H118N8O29. The SMILES string of the molecule is CC(=O)OCC1O[C@@H](OCCCCC(=O)NCCCNC(=O)CCOCC(COCCC(=O)NCCCNC(=O)CCCCO[C@@H]2OC(COC(C)=O)[C@H](O)C(O)[C@@H]2C)(COCCC(=O)NCCCNC(=O)CCCCO[C@@H]2OC(COC(C)=O)[C@H](O)C(O)[C@@H]2N)NC(=O)OCc2ccccc2)[C@@H](C)C(O)[C@H]1O. The number of benzene rings is 1. The Kier molecular flexibility index (Phi) is 45.9. The van der Waals surface area contributed by atoms with Gasteiger partial charge < -0.3 is 135 Å². The summed E-state index contributed by atoms with van der Waals surface area (Å²) in [5, 5.41) is 81.8. The Labute approximate surface area is 629 Å². The van der Waals surface area contributed by atoms with E-state index in [0.29, 0.717) is 63.4 Å². The summed E-state index contributed by atoms with van der Waals surface area (Å²) in [6.45, 7) is 6.69. The normalized spacial score (nSPS) is 24.5. The van der Waals surface area contributed by atoms with Crippen molar-refractivity contribution in [2.75, 3.05) is 119 Å². The summed E-state index contributed by atoms with van der Waals surface area (Å²) in [4.78, 5) is 124. The van der Waals surface area contributed by atoms with E-state index in [4.69, 9.17) is 67.3 Å². The van der Waals surface area contributed by atoms with Crippen LogP contribution in [-0.2, 0) is 111 Å². The number of ether oxygens (including phenoxy) is 13. The molecule has 3 aliphatic rings. The van der Waals surface area contributed by atoms with E-state index in [2.05, 4.69) is 37.2 Å². The number of carbonyl (C=O) groups is 10. The molecule has 616 valence electrons. The van der Waals surface area contributed by atoms with Crippen molar-refractivity contribution >= 4 is 59.4 Å². The zero-order valence-corrected chi connectivity index (χ0v) is 62.7. The molecule has 4 rings (SSSR count). The van der Waals surface area contributed by atoms with Gasteiger partial charge in [0.15, 0.2) is 18.9 Å². The second kappa shape index (κ2) is 53.1. The van der Waals surface area contributed by atoms with E-state index in [1.807, 2.05) is 0 Å². The van der Waals surface area contributed by atoms with Gasteiger partial charge in [-0.3, -0.25) is 43.2 Å². The highest BCUT2D eigenvalue weighted by atomic mass is 16.7. The monoisotopic (exact) mass is 1550 g/mol. The van der Waals surface area contributed by atoms with Gasteiger partial charge in [-0.25, -0.2) is 4.79 Å². The van der Waals surface area contributed by atoms with Crippen molar-refractivity contribution in [3.63, 3.8) is 0 Å². The maximum atomic E-state index is 13.6. The molecule has 3 aliphatic heterocycles. The molecule has 6 unspecified atom stereocenters. The molecule has 0 bridgehead atoms. The number of alkyl carbamates (subject to hydrolysis) is 1. The largest absolute Gasteiger partial charge is 0.463 e. The molecule has 108 heavy (non-hydrogen) atoms. The van der Waals surface area contributed by atoms with Crippen LogP contribution in [-0.4, -0.2) is 294 Å². The third-order valence-corrected chi connectivity index (χ3v) is 17.5. The summed E-state index contributed by atoms with van der Waals surface area (Å²) in [6, 6.07) is 7.81. The minimum atomic E-state index is -1.53. The lowest BCUT2D eigenvalue weighted by molar-refractivity contribution is -0.283. The average molecular weight is 1550 g/mol. The van der Waals surface area contributed by atoms with Crippen molar-refractivity contribution < 1.29 is 140 Å². The van der Waals surface area contributed by atoms with Crippen LogP contribution in [0.4, 0.5) is 4.79 Å². The molecule has 0 radical (unpaired) electrons. The second-order valence-corrected chi connectivity index (χ2v) is 26.8. The fourth-order valence-corrected chi connectivity index (χ4v) is 11.1. The van der Waals surface area contributed by atoms with Gasteiger partial charge >= 0.3 is 24.0 Å². The third-order valence-electron chi connectivity index (χ3n) is 17.5. The molecular weight excluding hydrogens is 1430 g/mol. The fourth-order valence-electron chi connectivity index (χ4n) is 11.1. The van der Waals surface area contributed by atoms with E-state index in [0.717, 1.165) is 0 Å².